The molecule has 0 unspecified atom stereocenters. The zero-order valence-corrected chi connectivity index (χ0v) is 15.5. The summed E-state index contributed by atoms with van der Waals surface area (Å²) in [5, 5.41) is 6.87. The molecular weight excluding hydrogens is 393 g/mol. The first-order chi connectivity index (χ1) is 11.9. The predicted molar refractivity (Wildman–Crippen MR) is 89.4 cm³/mol. The zero-order valence-electron chi connectivity index (χ0n) is 13.9. The summed E-state index contributed by atoms with van der Waals surface area (Å²) in [6.07, 6.45) is -4.66. The third kappa shape index (κ3) is 4.37. The van der Waals surface area contributed by atoms with Gasteiger partial charge in [0.2, 0.25) is 20.2 Å². The van der Waals surface area contributed by atoms with E-state index in [0.29, 0.717) is 0 Å². The number of rotatable bonds is 5. The quantitative estimate of drug-likeness (QED) is 0.821. The van der Waals surface area contributed by atoms with Gasteiger partial charge in [0.25, 0.3) is 5.91 Å². The lowest BCUT2D eigenvalue weighted by Crippen LogP contribution is -2.33. The number of aromatic nitrogens is 2. The summed E-state index contributed by atoms with van der Waals surface area (Å²) in [5.74, 6) is -0.792. The van der Waals surface area contributed by atoms with Gasteiger partial charge in [0.15, 0.2) is 0 Å². The first kappa shape index (κ1) is 20.3. The second-order valence-corrected chi connectivity index (χ2v) is 8.48. The van der Waals surface area contributed by atoms with Gasteiger partial charge in [0.05, 0.1) is 4.90 Å². The molecule has 1 amide bonds. The maximum absolute atomic E-state index is 12.5. The number of carbonyl (C=O) groups is 1. The van der Waals surface area contributed by atoms with Gasteiger partial charge in [0, 0.05) is 18.7 Å². The minimum Gasteiger partial charge on any atom is -0.296 e. The van der Waals surface area contributed by atoms with Gasteiger partial charge in [-0.3, -0.25) is 10.1 Å². The van der Waals surface area contributed by atoms with Crippen LogP contribution in [0.4, 0.5) is 18.3 Å². The fourth-order valence-corrected chi connectivity index (χ4v) is 3.82. The highest BCUT2D eigenvalue weighted by Gasteiger charge is 2.35. The van der Waals surface area contributed by atoms with E-state index in [1.807, 2.05) is 0 Å². The lowest BCUT2D eigenvalue weighted by Gasteiger charge is -2.21. The fraction of sp³-hybridized carbons (Fsp3) is 0.357. The molecule has 0 atom stereocenters. The van der Waals surface area contributed by atoms with Crippen LogP contribution >= 0.6 is 11.3 Å². The molecule has 142 valence electrons. The van der Waals surface area contributed by atoms with Crippen LogP contribution in [0, 0.1) is 0 Å². The van der Waals surface area contributed by atoms with Crippen molar-refractivity contribution in [1.29, 1.82) is 0 Å². The second kappa shape index (κ2) is 7.29. The number of halogens is 3. The highest BCUT2D eigenvalue weighted by Crippen LogP contribution is 2.33. The molecule has 0 aliphatic rings. The van der Waals surface area contributed by atoms with Crippen molar-refractivity contribution in [2.45, 2.75) is 31.0 Å². The Balaban J connectivity index is 2.25. The Kier molecular flexibility index (Phi) is 5.68. The molecule has 1 heterocycles. The first-order valence-electron chi connectivity index (χ1n) is 7.23. The summed E-state index contributed by atoms with van der Waals surface area (Å²) >= 11 is 0.176. The van der Waals surface area contributed by atoms with Crippen molar-refractivity contribution < 1.29 is 26.4 Å². The predicted octanol–water partition coefficient (Wildman–Crippen LogP) is 2.84. The lowest BCUT2D eigenvalue weighted by atomic mass is 10.2. The zero-order chi connectivity index (χ0) is 19.7. The van der Waals surface area contributed by atoms with Crippen LogP contribution in [0.3, 0.4) is 0 Å². The van der Waals surface area contributed by atoms with E-state index >= 15 is 0 Å². The van der Waals surface area contributed by atoms with Gasteiger partial charge in [0.1, 0.15) is 0 Å². The van der Waals surface area contributed by atoms with E-state index in [1.54, 1.807) is 13.8 Å². The van der Waals surface area contributed by atoms with Crippen LogP contribution in [0.1, 0.15) is 29.2 Å². The summed E-state index contributed by atoms with van der Waals surface area (Å²) in [4.78, 5) is 12.1. The first-order valence-corrected chi connectivity index (χ1v) is 9.48. The molecule has 1 N–H and O–H groups in total. The summed E-state index contributed by atoms with van der Waals surface area (Å²) < 4.78 is 63.6. The number of anilines is 1. The molecule has 12 heteroatoms. The number of benzene rings is 1. The van der Waals surface area contributed by atoms with E-state index in [9.17, 15) is 26.4 Å². The van der Waals surface area contributed by atoms with E-state index in [1.165, 1.54) is 25.2 Å². The van der Waals surface area contributed by atoms with Crippen molar-refractivity contribution in [3.05, 3.63) is 34.8 Å². The Bertz CT molecular complexity index is 910. The number of hydrogen-bond acceptors (Lipinski definition) is 6. The van der Waals surface area contributed by atoms with Crippen LogP contribution < -0.4 is 5.32 Å². The van der Waals surface area contributed by atoms with E-state index in [0.717, 1.165) is 10.4 Å². The summed E-state index contributed by atoms with van der Waals surface area (Å²) in [7, 11) is -2.39. The van der Waals surface area contributed by atoms with Crippen LogP contribution in [0.5, 0.6) is 0 Å². The number of hydrogen-bond donors (Lipinski definition) is 1. The standard InChI is InChI=1S/C14H15F3N4O3S2/c1-8(2)21(3)26(23,24)10-6-4-5-9(7-10)11(22)18-13-20-19-12(25-13)14(15,16)17/h4-8H,1-3H3,(H,18,20,22). The lowest BCUT2D eigenvalue weighted by molar-refractivity contribution is -0.138. The SMILES string of the molecule is CC(C)N(C)S(=O)(=O)c1cccc(C(=O)Nc2nnc(C(F)(F)F)s2)c1. The number of nitrogens with one attached hydrogen (secondary N) is 1. The smallest absolute Gasteiger partial charge is 0.296 e. The minimum absolute atomic E-state index is 0.0352. The summed E-state index contributed by atoms with van der Waals surface area (Å²) in [6, 6.07) is 4.90. The second-order valence-electron chi connectivity index (χ2n) is 5.51. The van der Waals surface area contributed by atoms with E-state index in [2.05, 4.69) is 15.5 Å². The van der Waals surface area contributed by atoms with Crippen molar-refractivity contribution in [3.63, 3.8) is 0 Å². The molecule has 7 nitrogen and oxygen atoms in total. The van der Waals surface area contributed by atoms with Crippen LogP contribution in [-0.4, -0.2) is 41.9 Å². The number of amides is 1. The number of carbonyl (C=O) groups excluding carboxylic acids is 1. The molecule has 0 aliphatic carbocycles. The van der Waals surface area contributed by atoms with Gasteiger partial charge in [-0.2, -0.15) is 17.5 Å². The molecule has 2 aromatic rings. The topological polar surface area (TPSA) is 92.3 Å². The van der Waals surface area contributed by atoms with Crippen molar-refractivity contribution >= 4 is 32.4 Å². The molecule has 0 saturated heterocycles. The Morgan fingerprint density at radius 3 is 2.46 bits per heavy atom. The van der Waals surface area contributed by atoms with Gasteiger partial charge >= 0.3 is 6.18 Å². The van der Waals surface area contributed by atoms with Crippen molar-refractivity contribution in [2.24, 2.45) is 0 Å². The van der Waals surface area contributed by atoms with E-state index < -0.39 is 27.1 Å². The average molecular weight is 408 g/mol. The van der Waals surface area contributed by atoms with Crippen molar-refractivity contribution in [1.82, 2.24) is 14.5 Å². The largest absolute Gasteiger partial charge is 0.445 e. The third-order valence-corrected chi connectivity index (χ3v) is 6.30. The maximum atomic E-state index is 12.5. The molecule has 1 aromatic heterocycles. The fourth-order valence-electron chi connectivity index (χ4n) is 1.80. The van der Waals surface area contributed by atoms with Gasteiger partial charge in [-0.15, -0.1) is 10.2 Å². The molecule has 0 aliphatic heterocycles. The van der Waals surface area contributed by atoms with Gasteiger partial charge in [-0.1, -0.05) is 17.4 Å². The molecule has 0 bridgehead atoms. The Morgan fingerprint density at radius 1 is 1.27 bits per heavy atom. The van der Waals surface area contributed by atoms with Crippen LogP contribution in [0.15, 0.2) is 29.2 Å². The van der Waals surface area contributed by atoms with E-state index in [-0.39, 0.29) is 33.0 Å². The van der Waals surface area contributed by atoms with Crippen LogP contribution in [0.25, 0.3) is 0 Å². The van der Waals surface area contributed by atoms with Crippen LogP contribution in [-0.2, 0) is 16.2 Å². The van der Waals surface area contributed by atoms with Gasteiger partial charge in [-0.25, -0.2) is 8.42 Å². The Morgan fingerprint density at radius 2 is 1.92 bits per heavy atom. The monoisotopic (exact) mass is 408 g/mol. The highest BCUT2D eigenvalue weighted by atomic mass is 32.2. The Labute approximate surface area is 151 Å². The summed E-state index contributed by atoms with van der Waals surface area (Å²) in [5.41, 5.74) is -0.0352. The molecule has 26 heavy (non-hydrogen) atoms. The molecule has 0 radical (unpaired) electrons. The average Bonchev–Trinajstić information content (AvgIpc) is 3.02. The summed E-state index contributed by atoms with van der Waals surface area (Å²) in [6.45, 7) is 3.39. The number of nitrogens with zero attached hydrogens (tertiary/aromatic N) is 3. The molecule has 0 saturated carbocycles. The normalized spacial score (nSPS) is 12.6. The third-order valence-electron chi connectivity index (χ3n) is 3.39. The van der Waals surface area contributed by atoms with Gasteiger partial charge in [-0.05, 0) is 32.0 Å². The molecule has 0 spiro atoms. The molecule has 1 aromatic carbocycles. The minimum atomic E-state index is -4.66. The Hall–Kier alpha value is -2.05. The molecule has 0 fully saturated rings. The van der Waals surface area contributed by atoms with Crippen LogP contribution in [0.2, 0.25) is 0 Å². The van der Waals surface area contributed by atoms with E-state index in [4.69, 9.17) is 0 Å². The number of sulfonamides is 1. The van der Waals surface area contributed by atoms with Crippen molar-refractivity contribution in [3.8, 4) is 0 Å². The highest BCUT2D eigenvalue weighted by molar-refractivity contribution is 7.89. The molecular formula is C14H15F3N4O3S2. The molecule has 2 rings (SSSR count). The maximum Gasteiger partial charge on any atom is 0.445 e. The van der Waals surface area contributed by atoms with Crippen molar-refractivity contribution in [2.75, 3.05) is 12.4 Å². The number of alkyl halides is 3. The van der Waals surface area contributed by atoms with Gasteiger partial charge < -0.3 is 0 Å².